The summed E-state index contributed by atoms with van der Waals surface area (Å²) >= 11 is 2.13. The van der Waals surface area contributed by atoms with Crippen molar-refractivity contribution in [1.82, 2.24) is 0 Å². The largest absolute Gasteiger partial charge is 0.400 e. The standard InChI is InChI=1S/C25H38OS.C2H6O2.CH4O/c1-4-25(17-26-25)18-27-19(2)22-14-15-23-21(11-8-16-24(22,23)3)13-12-20-9-6-5-7-10-20;3-1-2-4;1-2/h12-14,19,23H,4-11,15-18H2,1-3H3;3-4H,1-2H2;2H,1H3/b21-13+;;/t19-,23?,24?,25?;;/m1../s1. The SMILES string of the molecule is CCC1(CS[C@H](C)C2=CCC3/C(=C/C=C4CCCCC4)CCCC23C)CO1.CO.OCCO. The quantitative estimate of drug-likeness (QED) is 0.316. The first kappa shape index (κ1) is 28.6. The number of allylic oxidation sites excluding steroid dienone is 5. The molecule has 0 amide bonds. The molecule has 4 atom stereocenters. The highest BCUT2D eigenvalue weighted by Crippen LogP contribution is 2.57. The predicted molar refractivity (Wildman–Crippen MR) is 141 cm³/mol. The molecule has 1 aliphatic heterocycles. The van der Waals surface area contributed by atoms with Gasteiger partial charge in [-0.05, 0) is 76.0 Å². The molecule has 0 aromatic rings. The van der Waals surface area contributed by atoms with E-state index in [1.165, 1.54) is 57.8 Å². The van der Waals surface area contributed by atoms with Gasteiger partial charge in [0.2, 0.25) is 0 Å². The third-order valence-corrected chi connectivity index (χ3v) is 9.42. The van der Waals surface area contributed by atoms with Gasteiger partial charge in [-0.25, -0.2) is 0 Å². The lowest BCUT2D eigenvalue weighted by molar-refractivity contribution is 0.186. The average molecular weight is 481 g/mol. The van der Waals surface area contributed by atoms with Crippen molar-refractivity contribution in [2.75, 3.05) is 32.7 Å². The zero-order valence-electron chi connectivity index (χ0n) is 21.4. The number of thioether (sulfide) groups is 1. The number of epoxide rings is 1. The maximum Gasteiger partial charge on any atom is 0.100 e. The van der Waals surface area contributed by atoms with E-state index in [4.69, 9.17) is 20.1 Å². The topological polar surface area (TPSA) is 73.2 Å². The lowest BCUT2D eigenvalue weighted by Gasteiger charge is -2.42. The van der Waals surface area contributed by atoms with Gasteiger partial charge in [0.05, 0.1) is 19.8 Å². The fourth-order valence-electron chi connectivity index (χ4n) is 5.74. The van der Waals surface area contributed by atoms with Crippen LogP contribution < -0.4 is 0 Å². The Morgan fingerprint density at radius 2 is 1.76 bits per heavy atom. The third kappa shape index (κ3) is 7.70. The Hall–Kier alpha value is -0.590. The van der Waals surface area contributed by atoms with Gasteiger partial charge in [0.15, 0.2) is 0 Å². The summed E-state index contributed by atoms with van der Waals surface area (Å²) < 4.78 is 5.74. The van der Waals surface area contributed by atoms with Gasteiger partial charge in [-0.15, -0.1) is 0 Å². The molecule has 0 bridgehead atoms. The Morgan fingerprint density at radius 1 is 1.09 bits per heavy atom. The first-order chi connectivity index (χ1) is 16.0. The number of ether oxygens (including phenoxy) is 1. The second-order valence-corrected chi connectivity index (χ2v) is 11.4. The van der Waals surface area contributed by atoms with Gasteiger partial charge in [-0.2, -0.15) is 11.8 Å². The molecule has 0 radical (unpaired) electrons. The molecule has 0 aromatic heterocycles. The summed E-state index contributed by atoms with van der Waals surface area (Å²) in [6, 6.07) is 0. The molecular formula is C28H48O4S. The van der Waals surface area contributed by atoms with Crippen molar-refractivity contribution in [3.8, 4) is 0 Å². The summed E-state index contributed by atoms with van der Waals surface area (Å²) in [5, 5.41) is 22.9. The lowest BCUT2D eigenvalue weighted by Crippen LogP contribution is -2.33. The van der Waals surface area contributed by atoms with E-state index in [0.717, 1.165) is 31.8 Å². The van der Waals surface area contributed by atoms with Crippen molar-refractivity contribution < 1.29 is 20.1 Å². The van der Waals surface area contributed by atoms with Crippen LogP contribution in [-0.4, -0.2) is 58.9 Å². The van der Waals surface area contributed by atoms with E-state index in [1.807, 2.05) is 0 Å². The number of hydrogen-bond acceptors (Lipinski definition) is 5. The molecule has 1 saturated heterocycles. The number of fused-ring (bicyclic) bond motifs is 1. The van der Waals surface area contributed by atoms with Crippen LogP contribution >= 0.6 is 11.8 Å². The highest BCUT2D eigenvalue weighted by molar-refractivity contribution is 8.00. The van der Waals surface area contributed by atoms with Crippen molar-refractivity contribution in [3.63, 3.8) is 0 Å². The fourth-order valence-corrected chi connectivity index (χ4v) is 7.21. The molecule has 0 spiro atoms. The normalized spacial score (nSPS) is 32.6. The molecule has 4 aliphatic rings. The van der Waals surface area contributed by atoms with Crippen molar-refractivity contribution >= 4 is 11.8 Å². The summed E-state index contributed by atoms with van der Waals surface area (Å²) in [5.74, 6) is 1.92. The first-order valence-electron chi connectivity index (χ1n) is 13.0. The van der Waals surface area contributed by atoms with Crippen molar-refractivity contribution in [1.29, 1.82) is 0 Å². The molecule has 4 rings (SSSR count). The van der Waals surface area contributed by atoms with Crippen LogP contribution in [-0.2, 0) is 4.74 Å². The van der Waals surface area contributed by atoms with Crippen LogP contribution in [0.3, 0.4) is 0 Å². The molecule has 3 aliphatic carbocycles. The predicted octanol–water partition coefficient (Wildman–Crippen LogP) is 5.82. The molecule has 1 heterocycles. The number of aliphatic hydroxyl groups excluding tert-OH is 3. The highest BCUT2D eigenvalue weighted by Gasteiger charge is 2.47. The van der Waals surface area contributed by atoms with Crippen molar-refractivity contribution in [2.45, 2.75) is 95.8 Å². The molecule has 33 heavy (non-hydrogen) atoms. The maximum atomic E-state index is 7.62. The van der Waals surface area contributed by atoms with Crippen LogP contribution in [0, 0.1) is 11.3 Å². The van der Waals surface area contributed by atoms with E-state index in [2.05, 4.69) is 50.8 Å². The van der Waals surface area contributed by atoms with Crippen LogP contribution in [0.2, 0.25) is 0 Å². The third-order valence-electron chi connectivity index (χ3n) is 7.97. The van der Waals surface area contributed by atoms with Crippen LogP contribution in [0.25, 0.3) is 0 Å². The average Bonchev–Trinajstić information content (AvgIpc) is 3.56. The summed E-state index contributed by atoms with van der Waals surface area (Å²) in [6.07, 6.45) is 21.1. The van der Waals surface area contributed by atoms with Crippen LogP contribution in [0.15, 0.2) is 34.9 Å². The summed E-state index contributed by atoms with van der Waals surface area (Å²) in [6.45, 7) is 8.00. The van der Waals surface area contributed by atoms with Crippen LogP contribution in [0.4, 0.5) is 0 Å². The zero-order chi connectivity index (χ0) is 24.3. The Balaban J connectivity index is 0.000000582. The molecule has 5 heteroatoms. The minimum absolute atomic E-state index is 0.125. The Kier molecular flexibility index (Phi) is 12.2. The summed E-state index contributed by atoms with van der Waals surface area (Å²) in [5.41, 5.74) is 5.78. The van der Waals surface area contributed by atoms with Gasteiger partial charge in [-0.3, -0.25) is 0 Å². The van der Waals surface area contributed by atoms with E-state index in [1.54, 1.807) is 16.7 Å². The van der Waals surface area contributed by atoms with E-state index in [9.17, 15) is 0 Å². The summed E-state index contributed by atoms with van der Waals surface area (Å²) in [4.78, 5) is 0. The first-order valence-corrected chi connectivity index (χ1v) is 14.0. The smallest absolute Gasteiger partial charge is 0.100 e. The van der Waals surface area contributed by atoms with E-state index in [0.29, 0.717) is 10.7 Å². The Bertz CT molecular complexity index is 669. The van der Waals surface area contributed by atoms with Gasteiger partial charge in [-0.1, -0.05) is 55.2 Å². The minimum Gasteiger partial charge on any atom is -0.400 e. The van der Waals surface area contributed by atoms with E-state index < -0.39 is 0 Å². The van der Waals surface area contributed by atoms with Crippen LogP contribution in [0.5, 0.6) is 0 Å². The van der Waals surface area contributed by atoms with E-state index >= 15 is 0 Å². The second-order valence-electron chi connectivity index (χ2n) is 10.1. The van der Waals surface area contributed by atoms with Gasteiger partial charge >= 0.3 is 0 Å². The second kappa shape index (κ2) is 14.1. The Labute approximate surface area is 206 Å². The van der Waals surface area contributed by atoms with Crippen molar-refractivity contribution in [2.24, 2.45) is 11.3 Å². The monoisotopic (exact) mass is 480 g/mol. The van der Waals surface area contributed by atoms with Gasteiger partial charge in [0, 0.05) is 18.1 Å². The summed E-state index contributed by atoms with van der Waals surface area (Å²) in [7, 11) is 1.00. The van der Waals surface area contributed by atoms with E-state index in [-0.39, 0.29) is 18.8 Å². The van der Waals surface area contributed by atoms with Crippen molar-refractivity contribution in [3.05, 3.63) is 34.9 Å². The molecule has 3 fully saturated rings. The number of rotatable bonds is 7. The zero-order valence-corrected chi connectivity index (χ0v) is 22.3. The fraction of sp³-hybridized carbons (Fsp3) is 0.786. The number of hydrogen-bond donors (Lipinski definition) is 3. The Morgan fingerprint density at radius 3 is 2.33 bits per heavy atom. The maximum absolute atomic E-state index is 7.62. The highest BCUT2D eigenvalue weighted by atomic mass is 32.2. The lowest BCUT2D eigenvalue weighted by atomic mass is 9.64. The number of aliphatic hydroxyl groups is 3. The molecule has 3 unspecified atom stereocenters. The van der Waals surface area contributed by atoms with Crippen LogP contribution in [0.1, 0.15) is 85.0 Å². The molecule has 0 aromatic carbocycles. The minimum atomic E-state index is -0.125. The molecule has 3 N–H and O–H groups in total. The molecule has 4 nitrogen and oxygen atoms in total. The molecule has 190 valence electrons. The van der Waals surface area contributed by atoms with Gasteiger partial charge in [0.1, 0.15) is 5.60 Å². The van der Waals surface area contributed by atoms with Gasteiger partial charge in [0.25, 0.3) is 0 Å². The van der Waals surface area contributed by atoms with Gasteiger partial charge < -0.3 is 20.1 Å². The molecule has 2 saturated carbocycles. The molecular weight excluding hydrogens is 432 g/mol.